The average Bonchev–Trinajstić information content (AvgIpc) is 1.87. The molecule has 10 heavy (non-hydrogen) atoms. The number of alkyl halides is 2. The molecule has 0 rings (SSSR count). The first-order chi connectivity index (χ1) is 4.57. The van der Waals surface area contributed by atoms with Crippen molar-refractivity contribution in [1.82, 2.24) is 0 Å². The molecule has 0 aromatic carbocycles. The molecule has 0 aromatic heterocycles. The molecule has 0 aliphatic heterocycles. The van der Waals surface area contributed by atoms with Crippen LogP contribution in [0.3, 0.4) is 0 Å². The lowest BCUT2D eigenvalue weighted by atomic mass is 10.5. The van der Waals surface area contributed by atoms with E-state index in [0.29, 0.717) is 0 Å². The van der Waals surface area contributed by atoms with E-state index in [1.807, 2.05) is 0 Å². The summed E-state index contributed by atoms with van der Waals surface area (Å²) in [6.45, 7) is 3.19. The van der Waals surface area contributed by atoms with Crippen LogP contribution in [0.1, 0.15) is 6.42 Å². The summed E-state index contributed by atoms with van der Waals surface area (Å²) in [5.41, 5.74) is 0. The topological polar surface area (TPSA) is 43.4 Å². The van der Waals surface area contributed by atoms with Crippen LogP contribution in [0.15, 0.2) is 0 Å². The third-order valence-corrected chi connectivity index (χ3v) is 0.953. The SMILES string of the molecule is [CH2]CC(=O)OC(=O)C(Cl)Cl. The van der Waals surface area contributed by atoms with Gasteiger partial charge in [0.1, 0.15) is 0 Å². The summed E-state index contributed by atoms with van der Waals surface area (Å²) in [5, 5.41) is 0. The van der Waals surface area contributed by atoms with Crippen LogP contribution in [0.4, 0.5) is 0 Å². The molecule has 57 valence electrons. The fourth-order valence-corrected chi connectivity index (χ4v) is 0.297. The fraction of sp³-hybridized carbons (Fsp3) is 0.400. The molecular weight excluding hydrogens is 179 g/mol. The Balaban J connectivity index is 3.69. The van der Waals surface area contributed by atoms with E-state index in [-0.39, 0.29) is 6.42 Å². The second kappa shape index (κ2) is 4.52. The maximum absolute atomic E-state index is 10.4. The van der Waals surface area contributed by atoms with Gasteiger partial charge in [0.2, 0.25) is 4.84 Å². The van der Waals surface area contributed by atoms with Crippen LogP contribution in [0, 0.1) is 6.92 Å². The number of carbonyl (C=O) groups excluding carboxylic acids is 2. The molecule has 0 N–H and O–H groups in total. The quantitative estimate of drug-likeness (QED) is 0.366. The lowest BCUT2D eigenvalue weighted by Crippen LogP contribution is -2.16. The summed E-state index contributed by atoms with van der Waals surface area (Å²) >= 11 is 10.1. The van der Waals surface area contributed by atoms with Gasteiger partial charge in [-0.3, -0.25) is 4.79 Å². The highest BCUT2D eigenvalue weighted by atomic mass is 35.5. The van der Waals surface area contributed by atoms with Crippen LogP contribution in [0.5, 0.6) is 0 Å². The molecule has 3 nitrogen and oxygen atoms in total. The zero-order valence-corrected chi connectivity index (χ0v) is 6.48. The molecule has 0 aliphatic rings. The largest absolute Gasteiger partial charge is 0.391 e. The number of rotatable bonds is 2. The van der Waals surface area contributed by atoms with E-state index in [1.165, 1.54) is 0 Å². The predicted octanol–water partition coefficient (Wildman–Crippen LogP) is 1.08. The van der Waals surface area contributed by atoms with Crippen molar-refractivity contribution in [3.05, 3.63) is 6.92 Å². The van der Waals surface area contributed by atoms with Gasteiger partial charge in [0.05, 0.1) is 0 Å². The number of hydrogen-bond donors (Lipinski definition) is 0. The average molecular weight is 184 g/mol. The summed E-state index contributed by atoms with van der Waals surface area (Å²) < 4.78 is 4.06. The van der Waals surface area contributed by atoms with E-state index in [9.17, 15) is 9.59 Å². The first kappa shape index (κ1) is 9.72. The van der Waals surface area contributed by atoms with Crippen molar-refractivity contribution in [2.24, 2.45) is 0 Å². The van der Waals surface area contributed by atoms with E-state index >= 15 is 0 Å². The van der Waals surface area contributed by atoms with Crippen molar-refractivity contribution in [3.8, 4) is 0 Å². The van der Waals surface area contributed by atoms with Crippen LogP contribution in [0.25, 0.3) is 0 Å². The molecule has 0 bridgehead atoms. The fourth-order valence-electron chi connectivity index (χ4n) is 0.208. The minimum absolute atomic E-state index is 0.119. The predicted molar refractivity (Wildman–Crippen MR) is 36.6 cm³/mol. The number of ether oxygens (including phenoxy) is 1. The Kier molecular flexibility index (Phi) is 4.40. The van der Waals surface area contributed by atoms with Crippen molar-refractivity contribution in [2.45, 2.75) is 11.3 Å². The maximum atomic E-state index is 10.4. The standard InChI is InChI=1S/C5H5Cl2O3/c1-2-3(8)10-5(9)4(6)7/h4H,1-2H2. The Morgan fingerprint density at radius 2 is 2.00 bits per heavy atom. The van der Waals surface area contributed by atoms with Crippen molar-refractivity contribution in [1.29, 1.82) is 0 Å². The summed E-state index contributed by atoms with van der Waals surface area (Å²) in [6.07, 6.45) is -0.119. The van der Waals surface area contributed by atoms with Gasteiger partial charge in [0, 0.05) is 6.42 Å². The van der Waals surface area contributed by atoms with Crippen molar-refractivity contribution < 1.29 is 14.3 Å². The Morgan fingerprint density at radius 3 is 2.30 bits per heavy atom. The highest BCUT2D eigenvalue weighted by molar-refractivity contribution is 6.53. The van der Waals surface area contributed by atoms with Gasteiger partial charge in [-0.25, -0.2) is 4.79 Å². The second-order valence-corrected chi connectivity index (χ2v) is 2.44. The molecule has 0 fully saturated rings. The van der Waals surface area contributed by atoms with Gasteiger partial charge in [-0.1, -0.05) is 23.2 Å². The Morgan fingerprint density at radius 1 is 1.50 bits per heavy atom. The van der Waals surface area contributed by atoms with Crippen LogP contribution < -0.4 is 0 Å². The highest BCUT2D eigenvalue weighted by Crippen LogP contribution is 2.04. The molecule has 0 atom stereocenters. The van der Waals surface area contributed by atoms with Gasteiger partial charge >= 0.3 is 11.9 Å². The van der Waals surface area contributed by atoms with Crippen LogP contribution in [-0.4, -0.2) is 16.8 Å². The minimum Gasteiger partial charge on any atom is -0.391 e. The van der Waals surface area contributed by atoms with Gasteiger partial charge in [-0.15, -0.1) is 0 Å². The van der Waals surface area contributed by atoms with Gasteiger partial charge in [0.25, 0.3) is 0 Å². The summed E-state index contributed by atoms with van der Waals surface area (Å²) in [7, 11) is 0. The van der Waals surface area contributed by atoms with Crippen LogP contribution >= 0.6 is 23.2 Å². The molecule has 0 aromatic rings. The van der Waals surface area contributed by atoms with E-state index in [1.54, 1.807) is 0 Å². The molecule has 1 radical (unpaired) electrons. The molecule has 0 aliphatic carbocycles. The molecule has 0 unspecified atom stereocenters. The minimum atomic E-state index is -1.31. The normalized spacial score (nSPS) is 9.60. The van der Waals surface area contributed by atoms with Crippen molar-refractivity contribution >= 4 is 35.1 Å². The van der Waals surface area contributed by atoms with E-state index in [2.05, 4.69) is 11.7 Å². The van der Waals surface area contributed by atoms with Gasteiger partial charge < -0.3 is 4.74 Å². The summed E-state index contributed by atoms with van der Waals surface area (Å²) in [4.78, 5) is 19.4. The molecular formula is C5H5Cl2O3. The maximum Gasteiger partial charge on any atom is 0.347 e. The Bertz CT molecular complexity index is 144. The molecule has 0 spiro atoms. The summed E-state index contributed by atoms with van der Waals surface area (Å²) in [5.74, 6) is -1.70. The lowest BCUT2D eigenvalue weighted by molar-refractivity contribution is -0.157. The van der Waals surface area contributed by atoms with E-state index in [0.717, 1.165) is 0 Å². The third-order valence-electron chi connectivity index (χ3n) is 0.597. The molecule has 5 heteroatoms. The summed E-state index contributed by atoms with van der Waals surface area (Å²) in [6, 6.07) is 0. The Hall–Kier alpha value is -0.280. The highest BCUT2D eigenvalue weighted by Gasteiger charge is 2.15. The van der Waals surface area contributed by atoms with Gasteiger partial charge in [0.15, 0.2) is 0 Å². The first-order valence-corrected chi connectivity index (χ1v) is 3.27. The monoisotopic (exact) mass is 183 g/mol. The molecule has 0 saturated heterocycles. The Labute approximate surface area is 68.2 Å². The van der Waals surface area contributed by atoms with Crippen molar-refractivity contribution in [3.63, 3.8) is 0 Å². The van der Waals surface area contributed by atoms with Crippen LogP contribution in [-0.2, 0) is 14.3 Å². The molecule has 0 amide bonds. The van der Waals surface area contributed by atoms with Gasteiger partial charge in [-0.2, -0.15) is 0 Å². The van der Waals surface area contributed by atoms with Crippen molar-refractivity contribution in [2.75, 3.05) is 0 Å². The molecule has 0 heterocycles. The molecule has 0 saturated carbocycles. The zero-order chi connectivity index (χ0) is 8.15. The first-order valence-electron chi connectivity index (χ1n) is 2.40. The lowest BCUT2D eigenvalue weighted by Gasteiger charge is -1.99. The van der Waals surface area contributed by atoms with Gasteiger partial charge in [-0.05, 0) is 6.92 Å². The van der Waals surface area contributed by atoms with E-state index in [4.69, 9.17) is 23.2 Å². The second-order valence-electron chi connectivity index (χ2n) is 1.34. The zero-order valence-electron chi connectivity index (χ0n) is 4.97. The van der Waals surface area contributed by atoms with E-state index < -0.39 is 16.8 Å². The number of carbonyl (C=O) groups is 2. The number of esters is 2. The van der Waals surface area contributed by atoms with Crippen LogP contribution in [0.2, 0.25) is 0 Å². The number of hydrogen-bond acceptors (Lipinski definition) is 3. The number of halogens is 2. The third kappa shape index (κ3) is 3.69. The smallest absolute Gasteiger partial charge is 0.347 e.